The highest BCUT2D eigenvalue weighted by molar-refractivity contribution is 6.33. The van der Waals surface area contributed by atoms with Crippen molar-refractivity contribution < 1.29 is 17.6 Å². The monoisotopic (exact) mass is 255 g/mol. The third kappa shape index (κ3) is 3.56. The summed E-state index contributed by atoms with van der Waals surface area (Å²) >= 11 is 5.72. The molecule has 0 spiro atoms. The largest absolute Gasteiger partial charge is 0.405 e. The lowest BCUT2D eigenvalue weighted by molar-refractivity contribution is -0.119. The summed E-state index contributed by atoms with van der Waals surface area (Å²) in [4.78, 5) is 0.978. The Bertz CT molecular complexity index is 364. The van der Waals surface area contributed by atoms with E-state index in [1.165, 1.54) is 6.07 Å². The molecule has 0 atom stereocenters. The molecule has 90 valence electrons. The van der Waals surface area contributed by atoms with Crippen molar-refractivity contribution in [3.63, 3.8) is 0 Å². The van der Waals surface area contributed by atoms with Gasteiger partial charge in [0.15, 0.2) is 0 Å². The average molecular weight is 256 g/mol. The molecule has 0 saturated heterocycles. The van der Waals surface area contributed by atoms with Gasteiger partial charge in [0.2, 0.25) is 0 Å². The molecule has 0 aliphatic heterocycles. The van der Waals surface area contributed by atoms with Crippen LogP contribution in [0.3, 0.4) is 0 Å². The summed E-state index contributed by atoms with van der Waals surface area (Å²) in [6.07, 6.45) is -4.34. The van der Waals surface area contributed by atoms with Crippen LogP contribution in [0.5, 0.6) is 0 Å². The standard InChI is InChI=1S/C10H10ClF4N/c1-2-16(6-10(13,14)15)9-5-7(12)3-4-8(9)11/h3-5H,2,6H2,1H3. The zero-order valence-electron chi connectivity index (χ0n) is 8.48. The average Bonchev–Trinajstić information content (AvgIpc) is 2.17. The fourth-order valence-corrected chi connectivity index (χ4v) is 1.55. The number of anilines is 1. The van der Waals surface area contributed by atoms with E-state index in [0.29, 0.717) is 0 Å². The molecule has 0 radical (unpaired) electrons. The number of hydrogen-bond donors (Lipinski definition) is 0. The van der Waals surface area contributed by atoms with Gasteiger partial charge in [0.1, 0.15) is 12.4 Å². The van der Waals surface area contributed by atoms with Crippen LogP contribution in [0.2, 0.25) is 5.02 Å². The van der Waals surface area contributed by atoms with Gasteiger partial charge in [-0.3, -0.25) is 0 Å². The van der Waals surface area contributed by atoms with Gasteiger partial charge in [-0.1, -0.05) is 11.6 Å². The molecular formula is C10H10ClF4N. The highest BCUT2D eigenvalue weighted by atomic mass is 35.5. The van der Waals surface area contributed by atoms with E-state index in [1.54, 1.807) is 6.92 Å². The van der Waals surface area contributed by atoms with Crippen LogP contribution in [0, 0.1) is 5.82 Å². The highest BCUT2D eigenvalue weighted by Gasteiger charge is 2.31. The van der Waals surface area contributed by atoms with Crippen LogP contribution in [0.25, 0.3) is 0 Å². The van der Waals surface area contributed by atoms with Gasteiger partial charge < -0.3 is 4.90 Å². The molecule has 0 heterocycles. The molecule has 0 bridgehead atoms. The topological polar surface area (TPSA) is 3.24 Å². The number of halogens is 5. The molecule has 0 aromatic heterocycles. The Kier molecular flexibility index (Phi) is 4.02. The Morgan fingerprint density at radius 3 is 2.44 bits per heavy atom. The molecule has 0 fully saturated rings. The number of nitrogens with zero attached hydrogens (tertiary/aromatic N) is 1. The van der Waals surface area contributed by atoms with Gasteiger partial charge in [-0.2, -0.15) is 13.2 Å². The van der Waals surface area contributed by atoms with Crippen molar-refractivity contribution in [1.82, 2.24) is 0 Å². The number of benzene rings is 1. The minimum Gasteiger partial charge on any atom is -0.362 e. The minimum atomic E-state index is -4.34. The van der Waals surface area contributed by atoms with Gasteiger partial charge in [-0.05, 0) is 25.1 Å². The van der Waals surface area contributed by atoms with Crippen LogP contribution in [-0.2, 0) is 0 Å². The van der Waals surface area contributed by atoms with E-state index in [4.69, 9.17) is 11.6 Å². The van der Waals surface area contributed by atoms with Crippen molar-refractivity contribution in [1.29, 1.82) is 0 Å². The summed E-state index contributed by atoms with van der Waals surface area (Å²) in [5.74, 6) is -0.611. The summed E-state index contributed by atoms with van der Waals surface area (Å²) in [6.45, 7) is 0.502. The fraction of sp³-hybridized carbons (Fsp3) is 0.400. The molecule has 6 heteroatoms. The van der Waals surface area contributed by atoms with Crippen LogP contribution in [0.1, 0.15) is 6.92 Å². The Balaban J connectivity index is 2.99. The number of rotatable bonds is 3. The van der Waals surface area contributed by atoms with Gasteiger partial charge in [0.25, 0.3) is 0 Å². The third-order valence-corrected chi connectivity index (χ3v) is 2.32. The van der Waals surface area contributed by atoms with Gasteiger partial charge in [-0.25, -0.2) is 4.39 Å². The summed E-state index contributed by atoms with van der Waals surface area (Å²) in [7, 11) is 0. The van der Waals surface area contributed by atoms with Crippen molar-refractivity contribution in [3.8, 4) is 0 Å². The van der Waals surface area contributed by atoms with E-state index in [9.17, 15) is 17.6 Å². The summed E-state index contributed by atoms with van der Waals surface area (Å²) in [5, 5.41) is 0.104. The van der Waals surface area contributed by atoms with Crippen molar-refractivity contribution in [2.75, 3.05) is 18.0 Å². The fourth-order valence-electron chi connectivity index (χ4n) is 1.31. The predicted molar refractivity (Wildman–Crippen MR) is 55.4 cm³/mol. The van der Waals surface area contributed by atoms with Crippen LogP contribution in [0.4, 0.5) is 23.2 Å². The molecule has 0 amide bonds. The lowest BCUT2D eigenvalue weighted by atomic mass is 10.2. The molecule has 0 N–H and O–H groups in total. The third-order valence-electron chi connectivity index (χ3n) is 2.00. The first-order valence-corrected chi connectivity index (χ1v) is 4.98. The Labute approximate surface area is 95.6 Å². The van der Waals surface area contributed by atoms with Crippen LogP contribution < -0.4 is 4.90 Å². The van der Waals surface area contributed by atoms with E-state index in [0.717, 1.165) is 17.0 Å². The second kappa shape index (κ2) is 4.91. The molecule has 0 aliphatic carbocycles. The SMILES string of the molecule is CCN(CC(F)(F)F)c1cc(F)ccc1Cl. The van der Waals surface area contributed by atoms with Gasteiger partial charge in [0.05, 0.1) is 10.7 Å². The first kappa shape index (κ1) is 13.1. The molecule has 1 aromatic carbocycles. The molecule has 0 unspecified atom stereocenters. The Hall–Kier alpha value is -0.970. The lowest BCUT2D eigenvalue weighted by Crippen LogP contribution is -2.34. The van der Waals surface area contributed by atoms with E-state index >= 15 is 0 Å². The Morgan fingerprint density at radius 1 is 1.31 bits per heavy atom. The zero-order valence-corrected chi connectivity index (χ0v) is 9.24. The normalized spacial score (nSPS) is 11.6. The molecule has 1 aromatic rings. The highest BCUT2D eigenvalue weighted by Crippen LogP contribution is 2.29. The van der Waals surface area contributed by atoms with E-state index < -0.39 is 18.5 Å². The van der Waals surface area contributed by atoms with E-state index in [2.05, 4.69) is 0 Å². The second-order valence-corrected chi connectivity index (χ2v) is 3.63. The van der Waals surface area contributed by atoms with Crippen LogP contribution >= 0.6 is 11.6 Å². The quantitative estimate of drug-likeness (QED) is 0.741. The summed E-state index contributed by atoms with van der Waals surface area (Å²) < 4.78 is 49.6. The molecule has 16 heavy (non-hydrogen) atoms. The maximum Gasteiger partial charge on any atom is 0.405 e. The minimum absolute atomic E-state index is 0.0569. The smallest absolute Gasteiger partial charge is 0.362 e. The molecule has 0 aliphatic rings. The number of alkyl halides is 3. The van der Waals surface area contributed by atoms with E-state index in [1.807, 2.05) is 0 Å². The first-order chi connectivity index (χ1) is 7.33. The van der Waals surface area contributed by atoms with E-state index in [-0.39, 0.29) is 17.3 Å². The van der Waals surface area contributed by atoms with Crippen molar-refractivity contribution in [3.05, 3.63) is 29.0 Å². The molecule has 1 nitrogen and oxygen atoms in total. The maximum atomic E-state index is 12.9. The predicted octanol–water partition coefficient (Wildman–Crippen LogP) is 3.87. The van der Waals surface area contributed by atoms with Gasteiger partial charge in [-0.15, -0.1) is 0 Å². The molecule has 1 rings (SSSR count). The summed E-state index contributed by atoms with van der Waals surface area (Å²) in [6, 6.07) is 3.34. The van der Waals surface area contributed by atoms with Crippen molar-refractivity contribution in [2.24, 2.45) is 0 Å². The van der Waals surface area contributed by atoms with Crippen LogP contribution in [0.15, 0.2) is 18.2 Å². The maximum absolute atomic E-state index is 12.9. The zero-order chi connectivity index (χ0) is 12.3. The van der Waals surface area contributed by atoms with Crippen molar-refractivity contribution >= 4 is 17.3 Å². The van der Waals surface area contributed by atoms with Crippen molar-refractivity contribution in [2.45, 2.75) is 13.1 Å². The van der Waals surface area contributed by atoms with Gasteiger partial charge in [0, 0.05) is 6.54 Å². The molecular weight excluding hydrogens is 246 g/mol. The summed E-state index contributed by atoms with van der Waals surface area (Å²) in [5.41, 5.74) is 0.0569. The first-order valence-electron chi connectivity index (χ1n) is 4.60. The number of hydrogen-bond acceptors (Lipinski definition) is 1. The Morgan fingerprint density at radius 2 is 1.94 bits per heavy atom. The van der Waals surface area contributed by atoms with Gasteiger partial charge >= 0.3 is 6.18 Å². The molecule has 0 saturated carbocycles. The second-order valence-electron chi connectivity index (χ2n) is 3.23. The van der Waals surface area contributed by atoms with Crippen LogP contribution in [-0.4, -0.2) is 19.3 Å². The lowest BCUT2D eigenvalue weighted by Gasteiger charge is -2.25.